The monoisotopic (exact) mass is 777 g/mol. The predicted octanol–water partition coefficient (Wildman–Crippen LogP) is 16.5. The van der Waals surface area contributed by atoms with E-state index in [-0.39, 0.29) is 0 Å². The van der Waals surface area contributed by atoms with Crippen LogP contribution in [0.2, 0.25) is 0 Å². The van der Waals surface area contributed by atoms with Gasteiger partial charge in [-0.1, -0.05) is 115 Å². The molecule has 59 heavy (non-hydrogen) atoms. The minimum atomic E-state index is 0.321. The van der Waals surface area contributed by atoms with Gasteiger partial charge in [-0.3, -0.25) is 0 Å². The van der Waals surface area contributed by atoms with E-state index in [0.717, 1.165) is 55.6 Å². The van der Waals surface area contributed by atoms with Gasteiger partial charge in [0.2, 0.25) is 0 Å². The highest BCUT2D eigenvalue weighted by molar-refractivity contribution is 7.20. The van der Waals surface area contributed by atoms with Crippen LogP contribution in [-0.4, -0.2) is 0 Å². The molecule has 0 aliphatic heterocycles. The molecule has 3 heteroatoms. The first-order valence-electron chi connectivity index (χ1n) is 21.3. The minimum Gasteiger partial charge on any atom is -0.456 e. The molecule has 3 aliphatic carbocycles. The van der Waals surface area contributed by atoms with E-state index in [2.05, 4.69) is 175 Å². The number of anilines is 3. The maximum atomic E-state index is 6.69. The first-order chi connectivity index (χ1) is 29.2. The Labute approximate surface area is 349 Å². The summed E-state index contributed by atoms with van der Waals surface area (Å²) < 4.78 is 8.03. The molecular formula is C56H43NOS. The maximum Gasteiger partial charge on any atom is 0.142 e. The molecule has 7 aromatic carbocycles. The van der Waals surface area contributed by atoms with Crippen molar-refractivity contribution >= 4 is 83.2 Å². The van der Waals surface area contributed by atoms with Crippen molar-refractivity contribution in [3.8, 4) is 22.3 Å². The normalized spacial score (nSPS) is 16.0. The quantitative estimate of drug-likeness (QED) is 0.123. The third kappa shape index (κ3) is 5.82. The third-order valence-corrected chi connectivity index (χ3v) is 14.2. The Bertz CT molecular complexity index is 3210. The lowest BCUT2D eigenvalue weighted by Gasteiger charge is -2.28. The highest BCUT2D eigenvalue weighted by atomic mass is 32.1. The van der Waals surface area contributed by atoms with E-state index in [4.69, 9.17) is 4.42 Å². The maximum absolute atomic E-state index is 6.69. The largest absolute Gasteiger partial charge is 0.456 e. The number of hydrogen-bond donors (Lipinski definition) is 0. The van der Waals surface area contributed by atoms with Gasteiger partial charge in [-0.15, -0.1) is 11.3 Å². The smallest absolute Gasteiger partial charge is 0.142 e. The number of allylic oxidation sites excluding steroid dienone is 4. The lowest BCUT2D eigenvalue weighted by molar-refractivity contribution is 0.596. The highest BCUT2D eigenvalue weighted by Crippen LogP contribution is 2.47. The molecule has 0 saturated heterocycles. The molecule has 3 aliphatic rings. The molecule has 0 bridgehead atoms. The van der Waals surface area contributed by atoms with Crippen molar-refractivity contribution in [1.29, 1.82) is 0 Å². The van der Waals surface area contributed by atoms with Crippen LogP contribution in [0.25, 0.3) is 77.0 Å². The predicted molar refractivity (Wildman–Crippen MR) is 253 cm³/mol. The molecule has 12 rings (SSSR count). The van der Waals surface area contributed by atoms with Crippen molar-refractivity contribution in [3.05, 3.63) is 185 Å². The number of aryl methyl sites for hydroxylation is 2. The van der Waals surface area contributed by atoms with Gasteiger partial charge in [-0.2, -0.15) is 0 Å². The van der Waals surface area contributed by atoms with Gasteiger partial charge < -0.3 is 9.32 Å². The summed E-state index contributed by atoms with van der Waals surface area (Å²) in [6.07, 6.45) is 21.7. The van der Waals surface area contributed by atoms with Gasteiger partial charge in [0.25, 0.3) is 0 Å². The number of rotatable bonds is 6. The minimum absolute atomic E-state index is 0.321. The summed E-state index contributed by atoms with van der Waals surface area (Å²) in [6.45, 7) is 0. The molecule has 2 heterocycles. The fraction of sp³-hybridized carbons (Fsp3) is 0.143. The Morgan fingerprint density at radius 2 is 1.31 bits per heavy atom. The van der Waals surface area contributed by atoms with Gasteiger partial charge in [0, 0.05) is 49.1 Å². The van der Waals surface area contributed by atoms with E-state index >= 15 is 0 Å². The van der Waals surface area contributed by atoms with Crippen molar-refractivity contribution in [2.45, 2.75) is 50.9 Å². The number of thiophene rings is 1. The van der Waals surface area contributed by atoms with Gasteiger partial charge in [-0.05, 0) is 154 Å². The molecular weight excluding hydrogens is 735 g/mol. The standard InChI is InChI=1S/C56H43NOS/c1-2-13-36(14-3-1)52-34-40(29-31-45(52)49-21-12-22-50-46-19-8-10-23-53(46)58-56(49)50)57(41-30-32-48-47-20-9-11-24-54(47)59-55(48)35-41)39-27-25-37(26-28-39)51-33-38-15-4-5-16-42(38)43-17-6-7-18-44(43)51/h2,4-7,10-13,15-18,21-36H,1,3,8-9,14,19-20H2. The second kappa shape index (κ2) is 14.1. The summed E-state index contributed by atoms with van der Waals surface area (Å²) in [7, 11) is 0. The molecule has 1 atom stereocenters. The average molecular weight is 778 g/mol. The first-order valence-corrected chi connectivity index (χ1v) is 22.1. The number of nitrogens with zero attached hydrogens (tertiary/aromatic N) is 1. The van der Waals surface area contributed by atoms with Crippen LogP contribution in [0.5, 0.6) is 0 Å². The molecule has 2 nitrogen and oxygen atoms in total. The van der Waals surface area contributed by atoms with Gasteiger partial charge in [0.15, 0.2) is 0 Å². The van der Waals surface area contributed by atoms with Crippen LogP contribution >= 0.6 is 11.3 Å². The van der Waals surface area contributed by atoms with Gasteiger partial charge in [-0.25, -0.2) is 0 Å². The topological polar surface area (TPSA) is 16.4 Å². The van der Waals surface area contributed by atoms with E-state index in [0.29, 0.717) is 5.92 Å². The zero-order chi connectivity index (χ0) is 38.9. The van der Waals surface area contributed by atoms with E-state index < -0.39 is 0 Å². The molecule has 2 aromatic heterocycles. The Hall–Kier alpha value is -6.42. The first kappa shape index (κ1) is 34.6. The highest BCUT2D eigenvalue weighted by Gasteiger charge is 2.25. The van der Waals surface area contributed by atoms with Crippen LogP contribution in [0.3, 0.4) is 0 Å². The summed E-state index contributed by atoms with van der Waals surface area (Å²) in [6, 6.07) is 50.3. The van der Waals surface area contributed by atoms with Crippen molar-refractivity contribution in [3.63, 3.8) is 0 Å². The summed E-state index contributed by atoms with van der Waals surface area (Å²) in [4.78, 5) is 3.88. The summed E-state index contributed by atoms with van der Waals surface area (Å²) in [5, 5.41) is 7.77. The van der Waals surface area contributed by atoms with Crippen molar-refractivity contribution < 1.29 is 4.42 Å². The van der Waals surface area contributed by atoms with Crippen molar-refractivity contribution in [1.82, 2.24) is 0 Å². The van der Waals surface area contributed by atoms with Crippen LogP contribution in [0.15, 0.2) is 162 Å². The summed E-state index contributed by atoms with van der Waals surface area (Å²) >= 11 is 1.92. The van der Waals surface area contributed by atoms with E-state index in [9.17, 15) is 0 Å². The fourth-order valence-electron chi connectivity index (χ4n) is 10.2. The van der Waals surface area contributed by atoms with E-state index in [1.54, 1.807) is 0 Å². The Morgan fingerprint density at radius 1 is 0.542 bits per heavy atom. The molecule has 0 saturated carbocycles. The Balaban J connectivity index is 1.03. The Morgan fingerprint density at radius 3 is 2.19 bits per heavy atom. The van der Waals surface area contributed by atoms with Gasteiger partial charge in [0.05, 0.1) is 0 Å². The number of benzene rings is 7. The van der Waals surface area contributed by atoms with E-state index in [1.165, 1.54) is 98.6 Å². The zero-order valence-corrected chi connectivity index (χ0v) is 33.8. The zero-order valence-electron chi connectivity index (χ0n) is 33.0. The molecule has 284 valence electrons. The third-order valence-electron chi connectivity index (χ3n) is 13.0. The van der Waals surface area contributed by atoms with Crippen LogP contribution < -0.4 is 4.90 Å². The molecule has 9 aromatic rings. The van der Waals surface area contributed by atoms with Gasteiger partial charge >= 0.3 is 0 Å². The number of fused-ring (bicyclic) bond motifs is 9. The van der Waals surface area contributed by atoms with Crippen molar-refractivity contribution in [2.24, 2.45) is 0 Å². The van der Waals surface area contributed by atoms with Crippen molar-refractivity contribution in [2.75, 3.05) is 4.90 Å². The number of furan rings is 1. The molecule has 1 unspecified atom stereocenters. The number of hydrogen-bond acceptors (Lipinski definition) is 3. The molecule has 0 radical (unpaired) electrons. The van der Waals surface area contributed by atoms with Crippen LogP contribution in [0.1, 0.15) is 65.3 Å². The van der Waals surface area contributed by atoms with Crippen LogP contribution in [0.4, 0.5) is 17.1 Å². The molecule has 0 N–H and O–H groups in total. The van der Waals surface area contributed by atoms with Gasteiger partial charge in [0.1, 0.15) is 11.3 Å². The molecule has 0 spiro atoms. The average Bonchev–Trinajstić information content (AvgIpc) is 3.88. The second-order valence-electron chi connectivity index (χ2n) is 16.4. The second-order valence-corrected chi connectivity index (χ2v) is 17.5. The van der Waals surface area contributed by atoms with Crippen LogP contribution in [0, 0.1) is 0 Å². The summed E-state index contributed by atoms with van der Waals surface area (Å²) in [5.74, 6) is 1.34. The molecule has 0 fully saturated rings. The van der Waals surface area contributed by atoms with Crippen LogP contribution in [-0.2, 0) is 12.8 Å². The summed E-state index contributed by atoms with van der Waals surface area (Å²) in [5.41, 5.74) is 13.6. The fourth-order valence-corrected chi connectivity index (χ4v) is 11.4. The van der Waals surface area contributed by atoms with E-state index in [1.807, 2.05) is 11.3 Å². The lowest BCUT2D eigenvalue weighted by Crippen LogP contribution is -2.11. The molecule has 0 amide bonds. The Kier molecular flexibility index (Phi) is 8.30. The number of para-hydroxylation sites is 1. The lowest BCUT2D eigenvalue weighted by atomic mass is 9.84. The SMILES string of the molecule is C1=CC(c2cc(N(c3ccc(-c4cc5ccccc5c5ccccc45)cc3)c3ccc4c5c(sc4c3)C=CCC5)ccc2-c2cccc3c4c(oc23)C=CCC4)CCC1.